The topological polar surface area (TPSA) is 37.8 Å². The number of fused-ring (bicyclic) bond motifs is 1. The predicted molar refractivity (Wildman–Crippen MR) is 59.1 cm³/mol. The third-order valence-electron chi connectivity index (χ3n) is 1.84. The Bertz CT molecular complexity index is 485. The summed E-state index contributed by atoms with van der Waals surface area (Å²) in [6, 6.07) is 3.40. The van der Waals surface area contributed by atoms with Crippen LogP contribution in [0.2, 0.25) is 10.0 Å². The fraction of sp³-hybridized carbons (Fsp3) is 0.111. The standard InChI is InChI=1S/C9H7Cl2N3/c1-12-9-4-13-7-2-5(10)6(11)3-8(7)14-9/h2-4H,1H3,(H,12,14). The van der Waals surface area contributed by atoms with E-state index in [1.54, 1.807) is 25.4 Å². The first-order valence-corrected chi connectivity index (χ1v) is 4.76. The molecule has 0 fully saturated rings. The molecular formula is C9H7Cl2N3. The molecule has 1 N–H and O–H groups in total. The molecular weight excluding hydrogens is 221 g/mol. The molecule has 0 aliphatic heterocycles. The van der Waals surface area contributed by atoms with Crippen molar-refractivity contribution in [2.75, 3.05) is 12.4 Å². The Labute approximate surface area is 91.1 Å². The molecule has 1 heterocycles. The van der Waals surface area contributed by atoms with Crippen molar-refractivity contribution < 1.29 is 0 Å². The number of aromatic nitrogens is 2. The van der Waals surface area contributed by atoms with Gasteiger partial charge in [0.05, 0.1) is 27.3 Å². The van der Waals surface area contributed by atoms with Gasteiger partial charge in [-0.15, -0.1) is 0 Å². The summed E-state index contributed by atoms with van der Waals surface area (Å²) in [6.07, 6.45) is 1.65. The van der Waals surface area contributed by atoms with Gasteiger partial charge in [-0.25, -0.2) is 4.98 Å². The highest BCUT2D eigenvalue weighted by molar-refractivity contribution is 6.42. The van der Waals surface area contributed by atoms with Crippen molar-refractivity contribution >= 4 is 40.1 Å². The van der Waals surface area contributed by atoms with Gasteiger partial charge in [0.25, 0.3) is 0 Å². The van der Waals surface area contributed by atoms with E-state index in [9.17, 15) is 0 Å². The van der Waals surface area contributed by atoms with Crippen molar-refractivity contribution in [1.82, 2.24) is 9.97 Å². The third-order valence-corrected chi connectivity index (χ3v) is 2.56. The highest BCUT2D eigenvalue weighted by Gasteiger charge is 2.03. The van der Waals surface area contributed by atoms with Crippen LogP contribution in [0.15, 0.2) is 18.3 Å². The molecule has 5 heteroatoms. The van der Waals surface area contributed by atoms with E-state index in [2.05, 4.69) is 15.3 Å². The number of nitrogens with zero attached hydrogens (tertiary/aromatic N) is 2. The first-order valence-electron chi connectivity index (χ1n) is 4.00. The Morgan fingerprint density at radius 3 is 2.43 bits per heavy atom. The molecule has 0 aliphatic rings. The average Bonchev–Trinajstić information content (AvgIpc) is 2.19. The van der Waals surface area contributed by atoms with E-state index in [4.69, 9.17) is 23.2 Å². The fourth-order valence-corrected chi connectivity index (χ4v) is 1.44. The van der Waals surface area contributed by atoms with Gasteiger partial charge in [-0.05, 0) is 12.1 Å². The molecule has 3 nitrogen and oxygen atoms in total. The van der Waals surface area contributed by atoms with Gasteiger partial charge in [0.1, 0.15) is 5.82 Å². The van der Waals surface area contributed by atoms with Gasteiger partial charge in [0.15, 0.2) is 0 Å². The predicted octanol–water partition coefficient (Wildman–Crippen LogP) is 2.98. The van der Waals surface area contributed by atoms with Gasteiger partial charge >= 0.3 is 0 Å². The van der Waals surface area contributed by atoms with Crippen LogP contribution in [0.5, 0.6) is 0 Å². The minimum atomic E-state index is 0.488. The Morgan fingerprint density at radius 1 is 1.14 bits per heavy atom. The second-order valence-electron chi connectivity index (χ2n) is 2.76. The van der Waals surface area contributed by atoms with Crippen molar-refractivity contribution in [3.63, 3.8) is 0 Å². The molecule has 0 aliphatic carbocycles. The Kier molecular flexibility index (Phi) is 2.44. The summed E-state index contributed by atoms with van der Waals surface area (Å²) in [5, 5.41) is 3.88. The molecule has 2 aromatic rings. The highest BCUT2D eigenvalue weighted by atomic mass is 35.5. The van der Waals surface area contributed by atoms with E-state index < -0.39 is 0 Å². The molecule has 1 aromatic carbocycles. The van der Waals surface area contributed by atoms with Gasteiger partial charge < -0.3 is 5.32 Å². The molecule has 0 saturated heterocycles. The monoisotopic (exact) mass is 227 g/mol. The summed E-state index contributed by atoms with van der Waals surface area (Å²) in [7, 11) is 1.79. The van der Waals surface area contributed by atoms with Crippen LogP contribution in [-0.2, 0) is 0 Å². The van der Waals surface area contributed by atoms with E-state index in [1.807, 2.05) is 0 Å². The number of hydrogen-bond acceptors (Lipinski definition) is 3. The van der Waals surface area contributed by atoms with E-state index >= 15 is 0 Å². The molecule has 0 spiro atoms. The van der Waals surface area contributed by atoms with Gasteiger partial charge in [-0.2, -0.15) is 0 Å². The molecule has 0 unspecified atom stereocenters. The minimum Gasteiger partial charge on any atom is -0.372 e. The van der Waals surface area contributed by atoms with Crippen LogP contribution in [0.25, 0.3) is 11.0 Å². The van der Waals surface area contributed by atoms with Gasteiger partial charge in [0, 0.05) is 7.05 Å². The first kappa shape index (κ1) is 9.49. The lowest BCUT2D eigenvalue weighted by Gasteiger charge is -2.02. The number of nitrogens with one attached hydrogen (secondary N) is 1. The van der Waals surface area contributed by atoms with Crippen molar-refractivity contribution in [3.05, 3.63) is 28.4 Å². The second-order valence-corrected chi connectivity index (χ2v) is 3.57. The maximum Gasteiger partial charge on any atom is 0.144 e. The third kappa shape index (κ3) is 1.61. The van der Waals surface area contributed by atoms with E-state index in [0.717, 1.165) is 11.0 Å². The van der Waals surface area contributed by atoms with Gasteiger partial charge in [0.2, 0.25) is 0 Å². The van der Waals surface area contributed by atoms with Crippen LogP contribution >= 0.6 is 23.2 Å². The maximum atomic E-state index is 5.86. The summed E-state index contributed by atoms with van der Waals surface area (Å²) in [6.45, 7) is 0. The van der Waals surface area contributed by atoms with Crippen LogP contribution < -0.4 is 5.32 Å². The zero-order chi connectivity index (χ0) is 10.1. The molecule has 0 amide bonds. The van der Waals surface area contributed by atoms with Crippen molar-refractivity contribution in [3.8, 4) is 0 Å². The normalized spacial score (nSPS) is 10.5. The van der Waals surface area contributed by atoms with E-state index in [-0.39, 0.29) is 0 Å². The fourth-order valence-electron chi connectivity index (χ4n) is 1.13. The number of halogens is 2. The van der Waals surface area contributed by atoms with Crippen LogP contribution in [0, 0.1) is 0 Å². The van der Waals surface area contributed by atoms with E-state index in [1.165, 1.54) is 0 Å². The van der Waals surface area contributed by atoms with Crippen LogP contribution in [0.1, 0.15) is 0 Å². The largest absolute Gasteiger partial charge is 0.372 e. The molecule has 0 radical (unpaired) electrons. The number of anilines is 1. The van der Waals surface area contributed by atoms with Gasteiger partial charge in [-0.1, -0.05) is 23.2 Å². The molecule has 0 atom stereocenters. The van der Waals surface area contributed by atoms with Crippen LogP contribution in [0.4, 0.5) is 5.82 Å². The second kappa shape index (κ2) is 3.59. The quantitative estimate of drug-likeness (QED) is 0.815. The van der Waals surface area contributed by atoms with Crippen LogP contribution in [0.3, 0.4) is 0 Å². The number of rotatable bonds is 1. The smallest absolute Gasteiger partial charge is 0.144 e. The molecule has 2 rings (SSSR count). The number of hydrogen-bond donors (Lipinski definition) is 1. The molecule has 0 bridgehead atoms. The zero-order valence-electron chi connectivity index (χ0n) is 7.38. The summed E-state index contributed by atoms with van der Waals surface area (Å²) in [4.78, 5) is 8.46. The summed E-state index contributed by atoms with van der Waals surface area (Å²) in [5.41, 5.74) is 1.46. The SMILES string of the molecule is CNc1cnc2cc(Cl)c(Cl)cc2n1. The maximum absolute atomic E-state index is 5.86. The first-order chi connectivity index (χ1) is 6.70. The molecule has 14 heavy (non-hydrogen) atoms. The Balaban J connectivity index is 2.70. The van der Waals surface area contributed by atoms with Crippen molar-refractivity contribution in [2.45, 2.75) is 0 Å². The molecule has 72 valence electrons. The zero-order valence-corrected chi connectivity index (χ0v) is 8.89. The Morgan fingerprint density at radius 2 is 1.79 bits per heavy atom. The van der Waals surface area contributed by atoms with Gasteiger partial charge in [-0.3, -0.25) is 4.98 Å². The summed E-state index contributed by atoms with van der Waals surface area (Å²) >= 11 is 11.7. The summed E-state index contributed by atoms with van der Waals surface area (Å²) < 4.78 is 0. The van der Waals surface area contributed by atoms with Crippen LogP contribution in [-0.4, -0.2) is 17.0 Å². The lowest BCUT2D eigenvalue weighted by Crippen LogP contribution is -1.94. The average molecular weight is 228 g/mol. The minimum absolute atomic E-state index is 0.488. The van der Waals surface area contributed by atoms with Crippen molar-refractivity contribution in [1.29, 1.82) is 0 Å². The molecule has 0 saturated carbocycles. The lowest BCUT2D eigenvalue weighted by molar-refractivity contribution is 1.26. The lowest BCUT2D eigenvalue weighted by atomic mass is 10.3. The van der Waals surface area contributed by atoms with Crippen molar-refractivity contribution in [2.24, 2.45) is 0 Å². The Hall–Kier alpha value is -1.06. The highest BCUT2D eigenvalue weighted by Crippen LogP contribution is 2.26. The van der Waals surface area contributed by atoms with E-state index in [0.29, 0.717) is 15.9 Å². The summed E-state index contributed by atoms with van der Waals surface area (Å²) in [5.74, 6) is 0.705. The number of benzene rings is 1. The molecule has 1 aromatic heterocycles.